The monoisotopic (exact) mass is 162 g/mol. The molecule has 0 saturated heterocycles. The minimum atomic E-state index is -0.964. The Labute approximate surface area is 64.0 Å². The number of hydrogen-bond acceptors (Lipinski definition) is 2. The minimum absolute atomic E-state index is 0.0959. The molecule has 0 aliphatic carbocycles. The third-order valence-electron chi connectivity index (χ3n) is 1.39. The number of hydrogen-bond donors (Lipinski definition) is 3. The van der Waals surface area contributed by atoms with Crippen LogP contribution in [0.4, 0.5) is 0 Å². The molecule has 0 spiro atoms. The van der Waals surface area contributed by atoms with E-state index in [1.807, 2.05) is 0 Å². The summed E-state index contributed by atoms with van der Waals surface area (Å²) in [5, 5.41) is 18.2. The highest BCUT2D eigenvalue weighted by Crippen LogP contribution is 1.92. The fraction of sp³-hybridized carbons (Fsp3) is 0.667. The second-order valence-corrected chi connectivity index (χ2v) is 2.21. The molecule has 0 fully saturated rings. The standard InChI is InChI=1S/C6H11NO4/c1-7-4(6(10)11)2-3-5(8)9/h4,7H,2-3H2,1H3,(H,8,9)(H,10,11)/p+1/t4-/m0/s1. The molecule has 0 rings (SSSR count). The van der Waals surface area contributed by atoms with Crippen molar-refractivity contribution in [2.75, 3.05) is 7.05 Å². The lowest BCUT2D eigenvalue weighted by Crippen LogP contribution is -2.88. The van der Waals surface area contributed by atoms with Crippen molar-refractivity contribution in [2.24, 2.45) is 0 Å². The number of carboxylic acids is 2. The largest absolute Gasteiger partial charge is 0.481 e. The first kappa shape index (κ1) is 9.90. The normalized spacial score (nSPS) is 12.5. The van der Waals surface area contributed by atoms with Crippen LogP contribution in [0.5, 0.6) is 0 Å². The van der Waals surface area contributed by atoms with Gasteiger partial charge in [0.2, 0.25) is 0 Å². The van der Waals surface area contributed by atoms with Crippen LogP contribution in [0.25, 0.3) is 0 Å². The molecule has 0 bridgehead atoms. The third-order valence-corrected chi connectivity index (χ3v) is 1.39. The second-order valence-electron chi connectivity index (χ2n) is 2.21. The van der Waals surface area contributed by atoms with Crippen molar-refractivity contribution in [3.63, 3.8) is 0 Å². The van der Waals surface area contributed by atoms with Crippen molar-refractivity contribution in [3.05, 3.63) is 0 Å². The molecule has 64 valence electrons. The summed E-state index contributed by atoms with van der Waals surface area (Å²) in [6, 6.07) is -0.633. The molecule has 0 aromatic rings. The smallest absolute Gasteiger partial charge is 0.362 e. The highest BCUT2D eigenvalue weighted by atomic mass is 16.4. The van der Waals surface area contributed by atoms with Gasteiger partial charge in [0.15, 0.2) is 6.04 Å². The van der Waals surface area contributed by atoms with E-state index in [4.69, 9.17) is 10.2 Å². The lowest BCUT2D eigenvalue weighted by molar-refractivity contribution is -0.652. The van der Waals surface area contributed by atoms with Crippen molar-refractivity contribution >= 4 is 11.9 Å². The molecule has 5 heteroatoms. The molecule has 0 aromatic carbocycles. The number of nitrogens with two attached hydrogens (primary N) is 1. The zero-order valence-corrected chi connectivity index (χ0v) is 6.28. The molecular weight excluding hydrogens is 150 g/mol. The summed E-state index contributed by atoms with van der Waals surface area (Å²) in [5.74, 6) is -1.92. The molecular formula is C6H12NO4+. The molecule has 1 atom stereocenters. The first-order chi connectivity index (χ1) is 5.07. The van der Waals surface area contributed by atoms with Gasteiger partial charge in [-0.15, -0.1) is 0 Å². The predicted molar refractivity (Wildman–Crippen MR) is 36.1 cm³/mol. The predicted octanol–water partition coefficient (Wildman–Crippen LogP) is -1.50. The molecule has 4 N–H and O–H groups in total. The summed E-state index contributed by atoms with van der Waals surface area (Å²) < 4.78 is 0. The van der Waals surface area contributed by atoms with E-state index in [-0.39, 0.29) is 12.8 Å². The molecule has 0 aromatic heterocycles. The van der Waals surface area contributed by atoms with Gasteiger partial charge in [0.25, 0.3) is 0 Å². The maximum absolute atomic E-state index is 10.3. The van der Waals surface area contributed by atoms with E-state index in [9.17, 15) is 9.59 Å². The van der Waals surface area contributed by atoms with Crippen molar-refractivity contribution in [3.8, 4) is 0 Å². The first-order valence-electron chi connectivity index (χ1n) is 3.32. The second kappa shape index (κ2) is 4.68. The van der Waals surface area contributed by atoms with Gasteiger partial charge in [-0.1, -0.05) is 0 Å². The number of carbonyl (C=O) groups is 2. The van der Waals surface area contributed by atoms with Crippen molar-refractivity contribution in [1.29, 1.82) is 0 Å². The maximum Gasteiger partial charge on any atom is 0.362 e. The van der Waals surface area contributed by atoms with Crippen LogP contribution in [0.1, 0.15) is 12.8 Å². The summed E-state index contributed by atoms with van der Waals surface area (Å²) in [6.07, 6.45) is 0.0719. The highest BCUT2D eigenvalue weighted by molar-refractivity contribution is 5.73. The van der Waals surface area contributed by atoms with E-state index in [0.29, 0.717) is 0 Å². The number of carboxylic acid groups (broad SMARTS) is 2. The molecule has 0 radical (unpaired) electrons. The lowest BCUT2D eigenvalue weighted by Gasteiger charge is -2.04. The van der Waals surface area contributed by atoms with E-state index < -0.39 is 18.0 Å². The van der Waals surface area contributed by atoms with Gasteiger partial charge in [0.1, 0.15) is 0 Å². The topological polar surface area (TPSA) is 91.2 Å². The van der Waals surface area contributed by atoms with E-state index in [1.54, 1.807) is 7.05 Å². The summed E-state index contributed by atoms with van der Waals surface area (Å²) in [5.41, 5.74) is 0. The Morgan fingerprint density at radius 1 is 1.45 bits per heavy atom. The van der Waals surface area contributed by atoms with Crippen LogP contribution >= 0.6 is 0 Å². The molecule has 0 aliphatic rings. The first-order valence-corrected chi connectivity index (χ1v) is 3.32. The Bertz CT molecular complexity index is 157. The summed E-state index contributed by atoms with van der Waals surface area (Å²) in [6.45, 7) is 0. The van der Waals surface area contributed by atoms with E-state index >= 15 is 0 Å². The Morgan fingerprint density at radius 3 is 2.27 bits per heavy atom. The molecule has 0 aliphatic heterocycles. The third kappa shape index (κ3) is 4.32. The number of likely N-dealkylation sites (N-methyl/N-ethyl adjacent to an activating group) is 1. The average molecular weight is 162 g/mol. The fourth-order valence-electron chi connectivity index (χ4n) is 0.712. The van der Waals surface area contributed by atoms with E-state index in [0.717, 1.165) is 0 Å². The van der Waals surface area contributed by atoms with Gasteiger partial charge in [0, 0.05) is 6.42 Å². The SMILES string of the molecule is C[NH2+][C@@H](CCC(=O)O)C(=O)O. The van der Waals surface area contributed by atoms with Crippen molar-refractivity contribution < 1.29 is 25.1 Å². The fourth-order valence-corrected chi connectivity index (χ4v) is 0.712. The van der Waals surface area contributed by atoms with Crippen molar-refractivity contribution in [2.45, 2.75) is 18.9 Å². The van der Waals surface area contributed by atoms with Gasteiger partial charge >= 0.3 is 11.9 Å². The van der Waals surface area contributed by atoms with Crippen LogP contribution < -0.4 is 5.32 Å². The van der Waals surface area contributed by atoms with Crippen molar-refractivity contribution in [1.82, 2.24) is 0 Å². The lowest BCUT2D eigenvalue weighted by atomic mass is 10.1. The van der Waals surface area contributed by atoms with Gasteiger partial charge in [-0.2, -0.15) is 0 Å². The summed E-state index contributed by atoms with van der Waals surface area (Å²) >= 11 is 0. The van der Waals surface area contributed by atoms with Gasteiger partial charge < -0.3 is 15.5 Å². The minimum Gasteiger partial charge on any atom is -0.481 e. The molecule has 0 saturated carbocycles. The van der Waals surface area contributed by atoms with E-state index in [2.05, 4.69) is 0 Å². The zero-order chi connectivity index (χ0) is 8.85. The van der Waals surface area contributed by atoms with Crippen LogP contribution in [0.15, 0.2) is 0 Å². The Morgan fingerprint density at radius 2 is 2.00 bits per heavy atom. The highest BCUT2D eigenvalue weighted by Gasteiger charge is 2.19. The summed E-state index contributed by atoms with van der Waals surface area (Å²) in [4.78, 5) is 20.4. The maximum atomic E-state index is 10.3. The molecule has 0 unspecified atom stereocenters. The number of rotatable bonds is 5. The van der Waals surface area contributed by atoms with Gasteiger partial charge in [-0.25, -0.2) is 4.79 Å². The Kier molecular flexibility index (Phi) is 4.21. The molecule has 0 amide bonds. The van der Waals surface area contributed by atoms with Gasteiger partial charge in [-0.05, 0) is 0 Å². The average Bonchev–Trinajstić information content (AvgIpc) is 1.87. The van der Waals surface area contributed by atoms with Gasteiger partial charge in [-0.3, -0.25) is 4.79 Å². The van der Waals surface area contributed by atoms with Crippen LogP contribution in [-0.4, -0.2) is 35.2 Å². The summed E-state index contributed by atoms with van der Waals surface area (Å²) in [7, 11) is 1.61. The molecule has 11 heavy (non-hydrogen) atoms. The quantitative estimate of drug-likeness (QED) is 0.458. The van der Waals surface area contributed by atoms with Crippen LogP contribution in [-0.2, 0) is 9.59 Å². The van der Waals surface area contributed by atoms with Crippen LogP contribution in [0.3, 0.4) is 0 Å². The van der Waals surface area contributed by atoms with Crippen LogP contribution in [0.2, 0.25) is 0 Å². The Balaban J connectivity index is 3.70. The van der Waals surface area contributed by atoms with E-state index in [1.165, 1.54) is 5.32 Å². The number of quaternary nitrogens is 1. The molecule has 5 nitrogen and oxygen atoms in total. The van der Waals surface area contributed by atoms with Gasteiger partial charge in [0.05, 0.1) is 13.5 Å². The Hall–Kier alpha value is -1.10. The molecule has 0 heterocycles. The van der Waals surface area contributed by atoms with Crippen LogP contribution in [0, 0.1) is 0 Å². The zero-order valence-electron chi connectivity index (χ0n) is 6.28. The number of aliphatic carboxylic acids is 2.